The number of carbonyl (C=O) groups excluding carboxylic acids is 1. The van der Waals surface area contributed by atoms with Crippen molar-refractivity contribution < 1.29 is 13.9 Å². The van der Waals surface area contributed by atoms with Crippen molar-refractivity contribution in [3.05, 3.63) is 41.4 Å². The van der Waals surface area contributed by atoms with E-state index in [1.165, 1.54) is 24.5 Å². The highest BCUT2D eigenvalue weighted by atomic mass is 35.5. The summed E-state index contributed by atoms with van der Waals surface area (Å²) in [7, 11) is 0. The minimum Gasteiger partial charge on any atom is -0.437 e. The van der Waals surface area contributed by atoms with Gasteiger partial charge in [-0.2, -0.15) is 0 Å². The van der Waals surface area contributed by atoms with Crippen LogP contribution in [0.4, 0.5) is 10.2 Å². The average Bonchev–Trinajstić information content (AvgIpc) is 2.63. The fourth-order valence-corrected chi connectivity index (χ4v) is 3.26. The number of piperazine rings is 1. The molecule has 1 aromatic heterocycles. The maximum atomic E-state index is 13.2. The Kier molecular flexibility index (Phi) is 5.79. The van der Waals surface area contributed by atoms with E-state index in [-0.39, 0.29) is 22.9 Å². The predicted octanol–water partition coefficient (Wildman–Crippen LogP) is 3.75. The molecule has 1 fully saturated rings. The summed E-state index contributed by atoms with van der Waals surface area (Å²) < 4.78 is 18.8. The highest BCUT2D eigenvalue weighted by molar-refractivity contribution is 6.32. The first kappa shape index (κ1) is 19.4. The molecule has 1 atom stereocenters. The van der Waals surface area contributed by atoms with Gasteiger partial charge in [0.15, 0.2) is 0 Å². The lowest BCUT2D eigenvalue weighted by atomic mass is 10.1. The highest BCUT2D eigenvalue weighted by Gasteiger charge is 2.29. The number of benzene rings is 1. The van der Waals surface area contributed by atoms with Gasteiger partial charge in [-0.3, -0.25) is 4.79 Å². The molecule has 1 aliphatic rings. The first-order chi connectivity index (χ1) is 12.8. The van der Waals surface area contributed by atoms with Gasteiger partial charge in [-0.15, -0.1) is 0 Å². The van der Waals surface area contributed by atoms with Crippen LogP contribution in [-0.2, 0) is 4.79 Å². The van der Waals surface area contributed by atoms with E-state index >= 15 is 0 Å². The monoisotopic (exact) mass is 392 g/mol. The van der Waals surface area contributed by atoms with Gasteiger partial charge in [-0.1, -0.05) is 25.4 Å². The van der Waals surface area contributed by atoms with Crippen molar-refractivity contribution in [3.8, 4) is 11.6 Å². The predicted molar refractivity (Wildman–Crippen MR) is 102 cm³/mol. The molecule has 0 aliphatic carbocycles. The van der Waals surface area contributed by atoms with E-state index in [9.17, 15) is 9.18 Å². The van der Waals surface area contributed by atoms with E-state index in [0.29, 0.717) is 37.1 Å². The molecular formula is C19H22ClFN4O2. The van der Waals surface area contributed by atoms with Crippen molar-refractivity contribution in [1.82, 2.24) is 14.9 Å². The molecule has 0 bridgehead atoms. The number of carbonyl (C=O) groups is 1. The van der Waals surface area contributed by atoms with Crippen molar-refractivity contribution in [2.24, 2.45) is 5.92 Å². The molecule has 2 heterocycles. The second kappa shape index (κ2) is 8.08. The number of nitrogens with zero attached hydrogens (tertiary/aromatic N) is 4. The van der Waals surface area contributed by atoms with Gasteiger partial charge in [0.05, 0.1) is 5.02 Å². The summed E-state index contributed by atoms with van der Waals surface area (Å²) in [5.74, 6) is 1.07. The number of halogens is 2. The minimum atomic E-state index is -0.432. The summed E-state index contributed by atoms with van der Waals surface area (Å²) in [6.45, 7) is 7.85. The minimum absolute atomic E-state index is 0.0153. The van der Waals surface area contributed by atoms with Crippen LogP contribution in [0.1, 0.15) is 20.8 Å². The molecule has 1 aliphatic heterocycles. The van der Waals surface area contributed by atoms with Crippen LogP contribution >= 0.6 is 11.6 Å². The summed E-state index contributed by atoms with van der Waals surface area (Å²) >= 11 is 6.00. The Morgan fingerprint density at radius 3 is 2.74 bits per heavy atom. The third kappa shape index (κ3) is 4.47. The molecule has 1 aromatic carbocycles. The summed E-state index contributed by atoms with van der Waals surface area (Å²) in [5.41, 5.74) is 0. The van der Waals surface area contributed by atoms with Crippen LogP contribution in [-0.4, -0.2) is 46.5 Å². The molecule has 2 aromatic rings. The van der Waals surface area contributed by atoms with Crippen LogP contribution in [0.3, 0.4) is 0 Å². The average molecular weight is 393 g/mol. The van der Waals surface area contributed by atoms with Crippen molar-refractivity contribution >= 4 is 23.3 Å². The zero-order chi connectivity index (χ0) is 19.6. The maximum absolute atomic E-state index is 13.2. The van der Waals surface area contributed by atoms with Gasteiger partial charge in [0, 0.05) is 37.7 Å². The Balaban J connectivity index is 1.72. The molecule has 1 saturated heterocycles. The molecule has 1 amide bonds. The topological polar surface area (TPSA) is 58.6 Å². The van der Waals surface area contributed by atoms with E-state index in [1.54, 1.807) is 6.07 Å². The highest BCUT2D eigenvalue weighted by Crippen LogP contribution is 2.30. The lowest BCUT2D eigenvalue weighted by Crippen LogP contribution is -2.55. The lowest BCUT2D eigenvalue weighted by Gasteiger charge is -2.41. The molecule has 0 N–H and O–H groups in total. The fourth-order valence-electron chi connectivity index (χ4n) is 3.05. The fraction of sp³-hybridized carbons (Fsp3) is 0.421. The Hall–Kier alpha value is -2.41. The van der Waals surface area contributed by atoms with Crippen molar-refractivity contribution in [3.63, 3.8) is 0 Å². The van der Waals surface area contributed by atoms with Crippen LogP contribution in [0.5, 0.6) is 11.6 Å². The Labute approximate surface area is 162 Å². The standard InChI is InChI=1S/C19H22ClFN4O2/c1-12(2)19(26)25-7-6-24(10-13(25)3)17-9-18(23-11-22-17)27-16-5-4-14(21)8-15(16)20/h4-5,8-9,11-13H,6-7,10H2,1-3H3. The molecule has 0 spiro atoms. The summed E-state index contributed by atoms with van der Waals surface area (Å²) in [4.78, 5) is 24.7. The van der Waals surface area contributed by atoms with Crippen LogP contribution in [0.25, 0.3) is 0 Å². The van der Waals surface area contributed by atoms with Gasteiger partial charge >= 0.3 is 0 Å². The Morgan fingerprint density at radius 1 is 1.30 bits per heavy atom. The van der Waals surface area contributed by atoms with Crippen molar-refractivity contribution in [2.75, 3.05) is 24.5 Å². The SMILES string of the molecule is CC(C)C(=O)N1CCN(c2cc(Oc3ccc(F)cc3Cl)ncn2)CC1C. The van der Waals surface area contributed by atoms with E-state index < -0.39 is 5.82 Å². The van der Waals surface area contributed by atoms with Gasteiger partial charge in [-0.25, -0.2) is 14.4 Å². The van der Waals surface area contributed by atoms with Crippen LogP contribution in [0, 0.1) is 11.7 Å². The number of hydrogen-bond acceptors (Lipinski definition) is 5. The number of rotatable bonds is 4. The van der Waals surface area contributed by atoms with Crippen LogP contribution < -0.4 is 9.64 Å². The number of amides is 1. The third-order valence-corrected chi connectivity index (χ3v) is 4.76. The number of ether oxygens (including phenoxy) is 1. The number of anilines is 1. The van der Waals surface area contributed by atoms with Gasteiger partial charge in [0.1, 0.15) is 23.7 Å². The molecule has 0 radical (unpaired) electrons. The number of aromatic nitrogens is 2. The zero-order valence-electron chi connectivity index (χ0n) is 15.5. The maximum Gasteiger partial charge on any atom is 0.225 e. The van der Waals surface area contributed by atoms with E-state index in [1.807, 2.05) is 25.7 Å². The van der Waals surface area contributed by atoms with Crippen molar-refractivity contribution in [1.29, 1.82) is 0 Å². The molecule has 0 saturated carbocycles. The molecule has 8 heteroatoms. The molecule has 3 rings (SSSR count). The molecule has 1 unspecified atom stereocenters. The largest absolute Gasteiger partial charge is 0.437 e. The normalized spacial score (nSPS) is 17.3. The Bertz CT molecular complexity index is 833. The van der Waals surface area contributed by atoms with E-state index in [2.05, 4.69) is 14.9 Å². The van der Waals surface area contributed by atoms with Crippen LogP contribution in [0.15, 0.2) is 30.6 Å². The molecule has 27 heavy (non-hydrogen) atoms. The summed E-state index contributed by atoms with van der Waals surface area (Å²) in [6, 6.07) is 5.71. The smallest absolute Gasteiger partial charge is 0.225 e. The Morgan fingerprint density at radius 2 is 2.07 bits per heavy atom. The van der Waals surface area contributed by atoms with Crippen LogP contribution in [0.2, 0.25) is 5.02 Å². The zero-order valence-corrected chi connectivity index (χ0v) is 16.3. The third-order valence-electron chi connectivity index (χ3n) is 4.46. The van der Waals surface area contributed by atoms with Crippen molar-refractivity contribution in [2.45, 2.75) is 26.8 Å². The van der Waals surface area contributed by atoms with E-state index in [4.69, 9.17) is 16.3 Å². The van der Waals surface area contributed by atoms with Gasteiger partial charge in [0.2, 0.25) is 11.8 Å². The molecule has 144 valence electrons. The van der Waals surface area contributed by atoms with Gasteiger partial charge in [-0.05, 0) is 25.1 Å². The second-order valence-electron chi connectivity index (χ2n) is 6.87. The molecular weight excluding hydrogens is 371 g/mol. The summed E-state index contributed by atoms with van der Waals surface area (Å²) in [6.07, 6.45) is 1.42. The summed E-state index contributed by atoms with van der Waals surface area (Å²) in [5, 5.41) is 0.171. The second-order valence-corrected chi connectivity index (χ2v) is 7.28. The lowest BCUT2D eigenvalue weighted by molar-refractivity contribution is -0.136. The quantitative estimate of drug-likeness (QED) is 0.793. The van der Waals surface area contributed by atoms with E-state index in [0.717, 1.165) is 0 Å². The van der Waals surface area contributed by atoms with Gasteiger partial charge in [0.25, 0.3) is 0 Å². The van der Waals surface area contributed by atoms with Gasteiger partial charge < -0.3 is 14.5 Å². The number of hydrogen-bond donors (Lipinski definition) is 0. The molecule has 6 nitrogen and oxygen atoms in total. The first-order valence-electron chi connectivity index (χ1n) is 8.85. The first-order valence-corrected chi connectivity index (χ1v) is 9.23.